The van der Waals surface area contributed by atoms with Crippen molar-refractivity contribution in [3.8, 4) is 0 Å². The van der Waals surface area contributed by atoms with Gasteiger partial charge in [-0.25, -0.2) is 0 Å². The van der Waals surface area contributed by atoms with Gasteiger partial charge in [0.2, 0.25) is 5.91 Å². The van der Waals surface area contributed by atoms with Crippen LogP contribution in [-0.2, 0) is 14.3 Å². The molecule has 0 aromatic carbocycles. The molecule has 0 saturated carbocycles. The van der Waals surface area contributed by atoms with E-state index in [-0.39, 0.29) is 12.5 Å². The third-order valence-corrected chi connectivity index (χ3v) is 2.64. The van der Waals surface area contributed by atoms with Crippen LogP contribution in [0.2, 0.25) is 0 Å². The molecule has 1 saturated heterocycles. The van der Waals surface area contributed by atoms with Gasteiger partial charge in [-0.05, 0) is 6.42 Å². The van der Waals surface area contributed by atoms with Crippen molar-refractivity contribution in [3.63, 3.8) is 0 Å². The lowest BCUT2D eigenvalue weighted by Gasteiger charge is -2.46. The summed E-state index contributed by atoms with van der Waals surface area (Å²) < 4.78 is 9.88. The van der Waals surface area contributed by atoms with Gasteiger partial charge >= 0.3 is 0 Å². The second-order valence-corrected chi connectivity index (χ2v) is 3.87. The first-order valence-electron chi connectivity index (χ1n) is 5.18. The molecule has 0 atom stereocenters. The molecule has 5 heteroatoms. The molecule has 0 radical (unpaired) electrons. The fourth-order valence-corrected chi connectivity index (χ4v) is 1.46. The molecule has 1 aliphatic heterocycles. The number of methoxy groups -OCH3 is 1. The van der Waals surface area contributed by atoms with E-state index in [1.54, 1.807) is 12.0 Å². The second-order valence-electron chi connectivity index (χ2n) is 3.87. The lowest BCUT2D eigenvalue weighted by Crippen LogP contribution is -2.63. The Bertz CT molecular complexity index is 213. The summed E-state index contributed by atoms with van der Waals surface area (Å²) in [5, 5.41) is 9.69. The molecule has 0 aromatic rings. The van der Waals surface area contributed by atoms with Crippen molar-refractivity contribution in [1.29, 1.82) is 0 Å². The second kappa shape index (κ2) is 5.44. The SMILES string of the molecule is CCC1(O)CN(C(=O)COCCOC)C1. The average molecular weight is 217 g/mol. The predicted molar refractivity (Wildman–Crippen MR) is 54.5 cm³/mol. The van der Waals surface area contributed by atoms with Crippen molar-refractivity contribution >= 4 is 5.91 Å². The van der Waals surface area contributed by atoms with E-state index in [2.05, 4.69) is 0 Å². The number of aliphatic hydroxyl groups is 1. The Labute approximate surface area is 90.0 Å². The summed E-state index contributed by atoms with van der Waals surface area (Å²) in [5.41, 5.74) is -0.664. The fraction of sp³-hybridized carbons (Fsp3) is 0.900. The summed E-state index contributed by atoms with van der Waals surface area (Å²) in [5.74, 6) is -0.0655. The van der Waals surface area contributed by atoms with Crippen LogP contribution in [-0.4, -0.2) is 61.5 Å². The van der Waals surface area contributed by atoms with Gasteiger partial charge in [-0.1, -0.05) is 6.92 Å². The molecule has 5 nitrogen and oxygen atoms in total. The third kappa shape index (κ3) is 3.44. The molecule has 0 aromatic heterocycles. The van der Waals surface area contributed by atoms with Crippen molar-refractivity contribution in [2.75, 3.05) is 40.0 Å². The van der Waals surface area contributed by atoms with Gasteiger partial charge in [0.05, 0.1) is 31.9 Å². The molecule has 1 amide bonds. The van der Waals surface area contributed by atoms with E-state index in [9.17, 15) is 9.90 Å². The van der Waals surface area contributed by atoms with Gasteiger partial charge in [-0.15, -0.1) is 0 Å². The molecule has 0 unspecified atom stereocenters. The fourth-order valence-electron chi connectivity index (χ4n) is 1.46. The van der Waals surface area contributed by atoms with Crippen molar-refractivity contribution in [2.45, 2.75) is 18.9 Å². The highest BCUT2D eigenvalue weighted by atomic mass is 16.5. The maximum Gasteiger partial charge on any atom is 0.248 e. The molecule has 0 aliphatic carbocycles. The van der Waals surface area contributed by atoms with Gasteiger partial charge in [-0.2, -0.15) is 0 Å². The maximum atomic E-state index is 11.4. The number of hydrogen-bond donors (Lipinski definition) is 1. The molecule has 15 heavy (non-hydrogen) atoms. The number of ether oxygens (including phenoxy) is 2. The van der Waals surface area contributed by atoms with E-state index in [1.165, 1.54) is 0 Å². The quantitative estimate of drug-likeness (QED) is 0.617. The number of rotatable bonds is 6. The number of hydrogen-bond acceptors (Lipinski definition) is 4. The summed E-state index contributed by atoms with van der Waals surface area (Å²) in [4.78, 5) is 13.0. The molecule has 1 fully saturated rings. The minimum Gasteiger partial charge on any atom is -0.386 e. The third-order valence-electron chi connectivity index (χ3n) is 2.64. The van der Waals surface area contributed by atoms with Crippen molar-refractivity contribution < 1.29 is 19.4 Å². The number of likely N-dealkylation sites (tertiary alicyclic amines) is 1. The zero-order valence-electron chi connectivity index (χ0n) is 9.36. The largest absolute Gasteiger partial charge is 0.386 e. The van der Waals surface area contributed by atoms with E-state index in [0.29, 0.717) is 32.7 Å². The smallest absolute Gasteiger partial charge is 0.248 e. The predicted octanol–water partition coefficient (Wildman–Crippen LogP) is -0.367. The van der Waals surface area contributed by atoms with Gasteiger partial charge in [0.15, 0.2) is 0 Å². The summed E-state index contributed by atoms with van der Waals surface area (Å²) in [6.45, 7) is 3.76. The van der Waals surface area contributed by atoms with Crippen molar-refractivity contribution in [1.82, 2.24) is 4.90 Å². The van der Waals surface area contributed by atoms with Crippen LogP contribution >= 0.6 is 0 Å². The van der Waals surface area contributed by atoms with E-state index in [0.717, 1.165) is 0 Å². The zero-order chi connectivity index (χ0) is 11.3. The molecule has 1 heterocycles. The molecule has 1 rings (SSSR count). The monoisotopic (exact) mass is 217 g/mol. The molecule has 0 bridgehead atoms. The number of carbonyl (C=O) groups excluding carboxylic acids is 1. The van der Waals surface area contributed by atoms with Gasteiger partial charge in [0, 0.05) is 7.11 Å². The van der Waals surface area contributed by atoms with Crippen LogP contribution in [0.1, 0.15) is 13.3 Å². The van der Waals surface area contributed by atoms with Crippen LogP contribution in [0.5, 0.6) is 0 Å². The minimum absolute atomic E-state index is 0.0655. The number of amides is 1. The van der Waals surface area contributed by atoms with Crippen LogP contribution in [0, 0.1) is 0 Å². The highest BCUT2D eigenvalue weighted by Crippen LogP contribution is 2.23. The first-order chi connectivity index (χ1) is 7.11. The number of nitrogens with zero attached hydrogens (tertiary/aromatic N) is 1. The van der Waals surface area contributed by atoms with E-state index >= 15 is 0 Å². The Kier molecular flexibility index (Phi) is 4.50. The summed E-state index contributed by atoms with van der Waals surface area (Å²) in [7, 11) is 1.59. The maximum absolute atomic E-state index is 11.4. The average Bonchev–Trinajstić information content (AvgIpc) is 2.19. The summed E-state index contributed by atoms with van der Waals surface area (Å²) in [6, 6.07) is 0. The summed E-state index contributed by atoms with van der Waals surface area (Å²) >= 11 is 0. The molecule has 1 aliphatic rings. The Morgan fingerprint density at radius 3 is 2.67 bits per heavy atom. The Hall–Kier alpha value is -0.650. The highest BCUT2D eigenvalue weighted by molar-refractivity contribution is 5.78. The number of carbonyl (C=O) groups is 1. The lowest BCUT2D eigenvalue weighted by atomic mass is 9.91. The molecule has 0 spiro atoms. The van der Waals surface area contributed by atoms with E-state index < -0.39 is 5.60 Å². The molecular formula is C10H19NO4. The Balaban J connectivity index is 2.10. The first kappa shape index (κ1) is 12.4. The minimum atomic E-state index is -0.664. The Morgan fingerprint density at radius 2 is 2.13 bits per heavy atom. The van der Waals surface area contributed by atoms with Crippen LogP contribution in [0.25, 0.3) is 0 Å². The van der Waals surface area contributed by atoms with E-state index in [1.807, 2.05) is 6.92 Å². The van der Waals surface area contributed by atoms with Crippen LogP contribution in [0.4, 0.5) is 0 Å². The highest BCUT2D eigenvalue weighted by Gasteiger charge is 2.41. The van der Waals surface area contributed by atoms with Crippen molar-refractivity contribution in [3.05, 3.63) is 0 Å². The normalized spacial score (nSPS) is 18.7. The zero-order valence-corrected chi connectivity index (χ0v) is 9.36. The van der Waals surface area contributed by atoms with Gasteiger partial charge in [0.25, 0.3) is 0 Å². The number of β-amino-alcohol motifs (C(OH)–C–C–N with tert-alkyl or cyclic N) is 1. The van der Waals surface area contributed by atoms with Crippen LogP contribution in [0.15, 0.2) is 0 Å². The van der Waals surface area contributed by atoms with Gasteiger partial charge in [0.1, 0.15) is 6.61 Å². The van der Waals surface area contributed by atoms with Gasteiger partial charge in [-0.3, -0.25) is 4.79 Å². The topological polar surface area (TPSA) is 59.0 Å². The summed E-state index contributed by atoms with van der Waals surface area (Å²) in [6.07, 6.45) is 0.682. The molecule has 88 valence electrons. The van der Waals surface area contributed by atoms with E-state index in [4.69, 9.17) is 9.47 Å². The molecular weight excluding hydrogens is 198 g/mol. The Morgan fingerprint density at radius 1 is 1.47 bits per heavy atom. The van der Waals surface area contributed by atoms with Crippen molar-refractivity contribution in [2.24, 2.45) is 0 Å². The standard InChI is InChI=1S/C10H19NO4/c1-3-10(13)7-11(8-10)9(12)6-15-5-4-14-2/h13H,3-8H2,1-2H3. The first-order valence-corrected chi connectivity index (χ1v) is 5.18. The van der Waals surface area contributed by atoms with Gasteiger partial charge < -0.3 is 19.5 Å². The lowest BCUT2D eigenvalue weighted by molar-refractivity contribution is -0.160. The van der Waals surface area contributed by atoms with Crippen LogP contribution < -0.4 is 0 Å². The van der Waals surface area contributed by atoms with Crippen LogP contribution in [0.3, 0.4) is 0 Å². The molecule has 1 N–H and O–H groups in total.